The maximum absolute atomic E-state index is 11.0. The van der Waals surface area contributed by atoms with Crippen molar-refractivity contribution in [3.63, 3.8) is 0 Å². The summed E-state index contributed by atoms with van der Waals surface area (Å²) >= 11 is 0. The summed E-state index contributed by atoms with van der Waals surface area (Å²) in [5.74, 6) is 1.74. The van der Waals surface area contributed by atoms with Crippen LogP contribution in [0.5, 0.6) is 5.75 Å². The van der Waals surface area contributed by atoms with Crippen LogP contribution in [0.15, 0.2) is 12.1 Å². The summed E-state index contributed by atoms with van der Waals surface area (Å²) in [6, 6.07) is 1.83. The van der Waals surface area contributed by atoms with E-state index in [2.05, 4.69) is 10.7 Å². The molecule has 0 spiro atoms. The van der Waals surface area contributed by atoms with E-state index < -0.39 is 17.7 Å². The second kappa shape index (κ2) is 3.84. The van der Waals surface area contributed by atoms with Crippen molar-refractivity contribution in [3.05, 3.63) is 23.3 Å². The normalized spacial score (nSPS) is 9.67. The lowest BCUT2D eigenvalue weighted by Crippen LogP contribution is -2.12. The number of aromatic hydroxyl groups is 1. The molecule has 7 nitrogen and oxygen atoms in total. The monoisotopic (exact) mass is 212 g/mol. The molecule has 0 aliphatic carbocycles. The number of hydrogen-bond donors (Lipinski definition) is 4. The SMILES string of the molecule is NOC(=O)c1cc(C(=O)O)c(N)cc1O. The fourth-order valence-corrected chi connectivity index (χ4v) is 1.02. The summed E-state index contributed by atoms with van der Waals surface area (Å²) in [5.41, 5.74) is 4.48. The van der Waals surface area contributed by atoms with Crippen LogP contribution in [0.1, 0.15) is 20.7 Å². The van der Waals surface area contributed by atoms with Crippen molar-refractivity contribution in [1.29, 1.82) is 0 Å². The number of nitrogens with two attached hydrogens (primary N) is 2. The molecule has 0 heterocycles. The summed E-state index contributed by atoms with van der Waals surface area (Å²) in [6.07, 6.45) is 0. The van der Waals surface area contributed by atoms with Crippen molar-refractivity contribution in [3.8, 4) is 5.75 Å². The van der Waals surface area contributed by atoms with Gasteiger partial charge in [0.2, 0.25) is 0 Å². The average molecular weight is 212 g/mol. The fraction of sp³-hybridized carbons (Fsp3) is 0. The summed E-state index contributed by atoms with van der Waals surface area (Å²) in [5, 5.41) is 18.0. The highest BCUT2D eigenvalue weighted by molar-refractivity contribution is 6.00. The molecule has 0 saturated heterocycles. The number of carbonyl (C=O) groups excluding carboxylic acids is 1. The molecule has 0 bridgehead atoms. The largest absolute Gasteiger partial charge is 0.507 e. The van der Waals surface area contributed by atoms with Crippen LogP contribution in [0.25, 0.3) is 0 Å². The molecule has 0 amide bonds. The van der Waals surface area contributed by atoms with Gasteiger partial charge in [-0.15, -0.1) is 0 Å². The summed E-state index contributed by atoms with van der Waals surface area (Å²) in [4.78, 5) is 25.5. The van der Waals surface area contributed by atoms with Gasteiger partial charge in [-0.3, -0.25) is 0 Å². The molecule has 1 aromatic carbocycles. The van der Waals surface area contributed by atoms with Gasteiger partial charge < -0.3 is 20.8 Å². The van der Waals surface area contributed by atoms with Gasteiger partial charge in [0.1, 0.15) is 11.3 Å². The van der Waals surface area contributed by atoms with Crippen LogP contribution in [0, 0.1) is 0 Å². The minimum Gasteiger partial charge on any atom is -0.507 e. The van der Waals surface area contributed by atoms with Gasteiger partial charge >= 0.3 is 11.9 Å². The van der Waals surface area contributed by atoms with E-state index in [1.54, 1.807) is 0 Å². The van der Waals surface area contributed by atoms with Gasteiger partial charge in [0.15, 0.2) is 0 Å². The molecular formula is C8H8N2O5. The van der Waals surface area contributed by atoms with Crippen molar-refractivity contribution >= 4 is 17.6 Å². The first-order valence-electron chi connectivity index (χ1n) is 3.74. The second-order valence-electron chi connectivity index (χ2n) is 2.67. The Morgan fingerprint density at radius 2 is 1.87 bits per heavy atom. The molecular weight excluding hydrogens is 204 g/mol. The number of aromatic carboxylic acids is 1. The fourth-order valence-electron chi connectivity index (χ4n) is 1.02. The van der Waals surface area contributed by atoms with Gasteiger partial charge in [0.25, 0.3) is 0 Å². The first-order chi connectivity index (χ1) is 6.97. The minimum absolute atomic E-state index is 0.159. The smallest absolute Gasteiger partial charge is 0.360 e. The molecule has 0 atom stereocenters. The first-order valence-corrected chi connectivity index (χ1v) is 3.74. The zero-order chi connectivity index (χ0) is 11.6. The number of anilines is 1. The molecule has 0 fully saturated rings. The summed E-state index contributed by atoms with van der Waals surface area (Å²) < 4.78 is 0. The van der Waals surface area contributed by atoms with E-state index in [1.165, 1.54) is 0 Å². The molecule has 6 N–H and O–H groups in total. The first kappa shape index (κ1) is 10.8. The van der Waals surface area contributed by atoms with Crippen LogP contribution in [0.4, 0.5) is 5.69 Å². The Morgan fingerprint density at radius 1 is 1.27 bits per heavy atom. The maximum Gasteiger partial charge on any atom is 0.360 e. The van der Waals surface area contributed by atoms with E-state index in [1.807, 2.05) is 0 Å². The number of carboxylic acid groups (broad SMARTS) is 1. The summed E-state index contributed by atoms with van der Waals surface area (Å²) in [7, 11) is 0. The number of nitrogen functional groups attached to an aromatic ring is 1. The lowest BCUT2D eigenvalue weighted by molar-refractivity contribution is 0.0500. The molecule has 0 aromatic heterocycles. The Kier molecular flexibility index (Phi) is 2.77. The Balaban J connectivity index is 3.36. The highest BCUT2D eigenvalue weighted by Crippen LogP contribution is 2.24. The third kappa shape index (κ3) is 1.97. The third-order valence-electron chi connectivity index (χ3n) is 1.73. The minimum atomic E-state index is -1.32. The lowest BCUT2D eigenvalue weighted by Gasteiger charge is -2.05. The van der Waals surface area contributed by atoms with Gasteiger partial charge in [-0.25, -0.2) is 9.59 Å². The van der Waals surface area contributed by atoms with Crippen LogP contribution >= 0.6 is 0 Å². The molecule has 1 aromatic rings. The van der Waals surface area contributed by atoms with Crippen molar-refractivity contribution in [2.45, 2.75) is 0 Å². The quantitative estimate of drug-likeness (QED) is 0.390. The molecule has 0 aliphatic heterocycles. The van der Waals surface area contributed by atoms with Gasteiger partial charge in [0, 0.05) is 11.8 Å². The summed E-state index contributed by atoms with van der Waals surface area (Å²) in [6.45, 7) is 0. The number of hydrogen-bond acceptors (Lipinski definition) is 6. The highest BCUT2D eigenvalue weighted by Gasteiger charge is 2.18. The van der Waals surface area contributed by atoms with Gasteiger partial charge in [-0.05, 0) is 6.07 Å². The van der Waals surface area contributed by atoms with Crippen LogP contribution in [0.2, 0.25) is 0 Å². The Morgan fingerprint density at radius 3 is 2.33 bits per heavy atom. The van der Waals surface area contributed by atoms with Crippen molar-refractivity contribution in [1.82, 2.24) is 0 Å². The molecule has 0 saturated carbocycles. The maximum atomic E-state index is 11.0. The molecule has 0 unspecified atom stereocenters. The predicted octanol–water partition coefficient (Wildman–Crippen LogP) is -0.297. The predicted molar refractivity (Wildman–Crippen MR) is 49.1 cm³/mol. The lowest BCUT2D eigenvalue weighted by atomic mass is 10.1. The standard InChI is InChI=1S/C8H8N2O5/c9-5-2-6(11)4(8(14)15-10)1-3(5)7(12)13/h1-2,11H,9-10H2,(H,12,13). The van der Waals surface area contributed by atoms with Crippen LogP contribution < -0.4 is 11.6 Å². The average Bonchev–Trinajstić information content (AvgIpc) is 2.16. The number of phenolic OH excluding ortho intramolecular Hbond substituents is 1. The number of carboxylic acids is 1. The van der Waals surface area contributed by atoms with Gasteiger partial charge in [-0.1, -0.05) is 0 Å². The molecule has 7 heteroatoms. The van der Waals surface area contributed by atoms with E-state index in [-0.39, 0.29) is 16.8 Å². The number of rotatable bonds is 2. The number of benzene rings is 1. The van der Waals surface area contributed by atoms with E-state index in [0.29, 0.717) is 0 Å². The van der Waals surface area contributed by atoms with Crippen molar-refractivity contribution < 1.29 is 24.6 Å². The molecule has 1 rings (SSSR count). The van der Waals surface area contributed by atoms with Crippen LogP contribution in [-0.4, -0.2) is 22.2 Å². The Bertz CT molecular complexity index is 429. The van der Waals surface area contributed by atoms with Crippen molar-refractivity contribution in [2.24, 2.45) is 5.90 Å². The molecule has 15 heavy (non-hydrogen) atoms. The third-order valence-corrected chi connectivity index (χ3v) is 1.73. The van der Waals surface area contributed by atoms with E-state index in [4.69, 9.17) is 10.8 Å². The zero-order valence-corrected chi connectivity index (χ0v) is 7.43. The van der Waals surface area contributed by atoms with Crippen LogP contribution in [-0.2, 0) is 4.84 Å². The van der Waals surface area contributed by atoms with E-state index >= 15 is 0 Å². The highest BCUT2D eigenvalue weighted by atomic mass is 16.7. The van der Waals surface area contributed by atoms with Crippen molar-refractivity contribution in [2.75, 3.05) is 5.73 Å². The Labute approximate surface area is 83.8 Å². The van der Waals surface area contributed by atoms with E-state index in [0.717, 1.165) is 12.1 Å². The van der Waals surface area contributed by atoms with E-state index in [9.17, 15) is 14.7 Å². The van der Waals surface area contributed by atoms with Gasteiger partial charge in [-0.2, -0.15) is 5.90 Å². The molecule has 80 valence electrons. The zero-order valence-electron chi connectivity index (χ0n) is 7.43. The second-order valence-corrected chi connectivity index (χ2v) is 2.67. The number of phenols is 1. The topological polar surface area (TPSA) is 136 Å². The van der Waals surface area contributed by atoms with Crippen LogP contribution in [0.3, 0.4) is 0 Å². The molecule has 0 radical (unpaired) electrons. The Hall–Kier alpha value is -2.28. The van der Waals surface area contributed by atoms with Gasteiger partial charge in [0.05, 0.1) is 5.56 Å². The molecule has 0 aliphatic rings. The number of carbonyl (C=O) groups is 2.